The molecule has 0 saturated carbocycles. The van der Waals surface area contributed by atoms with Crippen LogP contribution in [0.3, 0.4) is 0 Å². The van der Waals surface area contributed by atoms with Gasteiger partial charge < -0.3 is 20.0 Å². The number of aromatic nitrogens is 3. The number of rotatable bonds is 5. The highest BCUT2D eigenvalue weighted by Crippen LogP contribution is 2.32. The Kier molecular flexibility index (Phi) is 5.39. The number of nitrogens with zero attached hydrogens (tertiary/aromatic N) is 3. The quantitative estimate of drug-likeness (QED) is 0.695. The summed E-state index contributed by atoms with van der Waals surface area (Å²) < 4.78 is 43.5. The van der Waals surface area contributed by atoms with Gasteiger partial charge in [0, 0.05) is 18.5 Å². The molecule has 0 radical (unpaired) electrons. The Balaban J connectivity index is 1.71. The van der Waals surface area contributed by atoms with E-state index in [1.54, 1.807) is 0 Å². The Morgan fingerprint density at radius 1 is 1.00 bits per heavy atom. The number of aromatic carboxylic acids is 1. The van der Waals surface area contributed by atoms with Crippen LogP contribution in [0.25, 0.3) is 0 Å². The minimum absolute atomic E-state index is 0.0164. The van der Waals surface area contributed by atoms with Crippen LogP contribution >= 0.6 is 0 Å². The zero-order chi connectivity index (χ0) is 21.0. The van der Waals surface area contributed by atoms with Crippen molar-refractivity contribution in [3.63, 3.8) is 0 Å². The summed E-state index contributed by atoms with van der Waals surface area (Å²) in [6.45, 7) is 0. The minimum atomic E-state index is -4.51. The first-order valence-electron chi connectivity index (χ1n) is 7.89. The molecule has 1 aromatic carbocycles. The van der Waals surface area contributed by atoms with Gasteiger partial charge in [0.05, 0.1) is 23.4 Å². The number of carboxylic acids is 1. The lowest BCUT2D eigenvalue weighted by atomic mass is 10.2. The number of alkyl halides is 3. The maximum absolute atomic E-state index is 12.7. The van der Waals surface area contributed by atoms with Gasteiger partial charge in [-0.05, 0) is 24.3 Å². The molecule has 3 aromatic rings. The summed E-state index contributed by atoms with van der Waals surface area (Å²) in [5.41, 5.74) is -1.77. The molecular weight excluding hydrogens is 393 g/mol. The van der Waals surface area contributed by atoms with Gasteiger partial charge in [-0.2, -0.15) is 13.2 Å². The van der Waals surface area contributed by atoms with E-state index in [1.807, 2.05) is 0 Å². The first-order valence-corrected chi connectivity index (χ1v) is 7.89. The second kappa shape index (κ2) is 7.92. The summed E-state index contributed by atoms with van der Waals surface area (Å²) in [5.74, 6) is -2.60. The predicted octanol–water partition coefficient (Wildman–Crippen LogP) is 2.30. The van der Waals surface area contributed by atoms with Crippen LogP contribution < -0.4 is 15.2 Å². The SMILES string of the molecule is O=C([O-])c1nccnc1C(=O)Nc1ccc(Oc2cccc(C(F)(F)F)c2)nc1. The van der Waals surface area contributed by atoms with Crippen molar-refractivity contribution in [1.82, 2.24) is 15.0 Å². The van der Waals surface area contributed by atoms with Crippen molar-refractivity contribution in [2.45, 2.75) is 6.18 Å². The Morgan fingerprint density at radius 3 is 2.34 bits per heavy atom. The summed E-state index contributed by atoms with van der Waals surface area (Å²) in [7, 11) is 0. The molecule has 0 saturated heterocycles. The fourth-order valence-corrected chi connectivity index (χ4v) is 2.22. The largest absolute Gasteiger partial charge is 0.543 e. The molecule has 0 unspecified atom stereocenters. The van der Waals surface area contributed by atoms with Crippen molar-refractivity contribution in [2.75, 3.05) is 5.32 Å². The Bertz CT molecular complexity index is 1060. The molecule has 29 heavy (non-hydrogen) atoms. The summed E-state index contributed by atoms with van der Waals surface area (Å²) in [4.78, 5) is 34.2. The zero-order valence-corrected chi connectivity index (χ0v) is 14.3. The van der Waals surface area contributed by atoms with Crippen LogP contribution in [0.4, 0.5) is 18.9 Å². The molecule has 3 rings (SSSR count). The van der Waals surface area contributed by atoms with Gasteiger partial charge in [0.1, 0.15) is 11.4 Å². The van der Waals surface area contributed by atoms with Crippen LogP contribution in [0.15, 0.2) is 55.0 Å². The fraction of sp³-hybridized carbons (Fsp3) is 0.0556. The van der Waals surface area contributed by atoms with E-state index in [0.717, 1.165) is 24.5 Å². The number of hydrogen-bond donors (Lipinski definition) is 1. The van der Waals surface area contributed by atoms with E-state index in [-0.39, 0.29) is 17.3 Å². The minimum Gasteiger partial charge on any atom is -0.543 e. The van der Waals surface area contributed by atoms with E-state index in [0.29, 0.717) is 0 Å². The highest BCUT2D eigenvalue weighted by molar-refractivity contribution is 6.08. The van der Waals surface area contributed by atoms with Gasteiger partial charge in [-0.1, -0.05) is 6.07 Å². The average Bonchev–Trinajstić information content (AvgIpc) is 2.69. The zero-order valence-electron chi connectivity index (χ0n) is 14.3. The number of benzene rings is 1. The lowest BCUT2D eigenvalue weighted by Gasteiger charge is -2.10. The number of pyridine rings is 1. The van der Waals surface area contributed by atoms with E-state index in [2.05, 4.69) is 20.3 Å². The number of carboxylic acid groups (broad SMARTS) is 1. The molecule has 8 nitrogen and oxygen atoms in total. The number of hydrogen-bond acceptors (Lipinski definition) is 7. The molecule has 0 aliphatic carbocycles. The van der Waals surface area contributed by atoms with Gasteiger partial charge >= 0.3 is 6.18 Å². The van der Waals surface area contributed by atoms with E-state index in [1.165, 1.54) is 30.5 Å². The molecule has 0 bridgehead atoms. The van der Waals surface area contributed by atoms with Crippen molar-refractivity contribution < 1.29 is 32.6 Å². The van der Waals surface area contributed by atoms with E-state index in [9.17, 15) is 27.9 Å². The maximum atomic E-state index is 12.7. The lowest BCUT2D eigenvalue weighted by Crippen LogP contribution is -2.28. The topological polar surface area (TPSA) is 117 Å². The predicted molar refractivity (Wildman–Crippen MR) is 90.1 cm³/mol. The van der Waals surface area contributed by atoms with Crippen molar-refractivity contribution in [3.8, 4) is 11.6 Å². The molecule has 0 fully saturated rings. The normalized spacial score (nSPS) is 11.0. The van der Waals surface area contributed by atoms with E-state index in [4.69, 9.17) is 4.74 Å². The number of halogens is 3. The number of nitrogens with one attached hydrogen (secondary N) is 1. The van der Waals surface area contributed by atoms with Crippen molar-refractivity contribution in [1.29, 1.82) is 0 Å². The van der Waals surface area contributed by atoms with Gasteiger partial charge in [-0.15, -0.1) is 0 Å². The van der Waals surface area contributed by atoms with Crippen LogP contribution in [0, 0.1) is 0 Å². The van der Waals surface area contributed by atoms with Gasteiger partial charge in [0.25, 0.3) is 5.91 Å². The molecule has 0 atom stereocenters. The summed E-state index contributed by atoms with van der Waals surface area (Å²) in [6.07, 6.45) is -1.09. The highest BCUT2D eigenvalue weighted by Gasteiger charge is 2.30. The van der Waals surface area contributed by atoms with Gasteiger partial charge in [0.15, 0.2) is 5.69 Å². The number of ether oxygens (including phenoxy) is 1. The third-order valence-corrected chi connectivity index (χ3v) is 3.48. The molecule has 148 valence electrons. The standard InChI is InChI=1S/C18H11F3N4O4/c19-18(20,21)10-2-1-3-12(8-10)29-13-5-4-11(9-24-13)25-16(26)14-15(17(27)28)23-7-6-22-14/h1-9H,(H,25,26)(H,27,28)/p-1. The molecule has 0 spiro atoms. The van der Waals surface area contributed by atoms with Crippen molar-refractivity contribution >= 4 is 17.6 Å². The second-order valence-electron chi connectivity index (χ2n) is 5.51. The van der Waals surface area contributed by atoms with Crippen molar-refractivity contribution in [3.05, 3.63) is 71.9 Å². The van der Waals surface area contributed by atoms with Crippen LogP contribution in [-0.2, 0) is 6.18 Å². The first kappa shape index (κ1) is 19.7. The molecule has 1 amide bonds. The molecule has 1 N–H and O–H groups in total. The Hall–Kier alpha value is -4.02. The van der Waals surface area contributed by atoms with Gasteiger partial charge in [-0.3, -0.25) is 9.78 Å². The average molecular weight is 403 g/mol. The van der Waals surface area contributed by atoms with Gasteiger partial charge in [0.2, 0.25) is 5.88 Å². The number of anilines is 1. The molecule has 2 aromatic heterocycles. The van der Waals surface area contributed by atoms with E-state index < -0.39 is 35.0 Å². The van der Waals surface area contributed by atoms with E-state index >= 15 is 0 Å². The Morgan fingerprint density at radius 2 is 1.72 bits per heavy atom. The molecular formula is C18H10F3N4O4-. The molecule has 2 heterocycles. The number of amides is 1. The summed E-state index contributed by atoms with van der Waals surface area (Å²) in [5, 5.41) is 13.4. The highest BCUT2D eigenvalue weighted by atomic mass is 19.4. The Labute approximate surface area is 161 Å². The van der Waals surface area contributed by atoms with Crippen LogP contribution in [-0.4, -0.2) is 26.8 Å². The van der Waals surface area contributed by atoms with Crippen LogP contribution in [0.5, 0.6) is 11.6 Å². The first-order chi connectivity index (χ1) is 13.7. The lowest BCUT2D eigenvalue weighted by molar-refractivity contribution is -0.255. The third kappa shape index (κ3) is 4.83. The van der Waals surface area contributed by atoms with Gasteiger partial charge in [-0.25, -0.2) is 9.97 Å². The molecule has 11 heteroatoms. The maximum Gasteiger partial charge on any atom is 0.416 e. The third-order valence-electron chi connectivity index (χ3n) is 3.48. The fourth-order valence-electron chi connectivity index (χ4n) is 2.22. The number of carbonyl (C=O) groups is 2. The summed E-state index contributed by atoms with van der Waals surface area (Å²) >= 11 is 0. The number of carbonyl (C=O) groups excluding carboxylic acids is 2. The smallest absolute Gasteiger partial charge is 0.416 e. The monoisotopic (exact) mass is 403 g/mol. The van der Waals surface area contributed by atoms with Crippen LogP contribution in [0.1, 0.15) is 26.5 Å². The molecule has 0 aliphatic heterocycles. The summed E-state index contributed by atoms with van der Waals surface area (Å²) in [6, 6.07) is 6.94. The van der Waals surface area contributed by atoms with Crippen LogP contribution in [0.2, 0.25) is 0 Å². The second-order valence-corrected chi connectivity index (χ2v) is 5.51. The van der Waals surface area contributed by atoms with Crippen molar-refractivity contribution in [2.24, 2.45) is 0 Å². The molecule has 0 aliphatic rings.